The third-order valence-electron chi connectivity index (χ3n) is 4.92. The zero-order valence-corrected chi connectivity index (χ0v) is 12.8. The standard InChI is InChI=1S/C16H32N2/c1-5-8-18(11-14-6-7-14)16-13(3)9-12(2)10-15(16)17-4/h12-17H,5-11H2,1-4H3. The average molecular weight is 252 g/mol. The molecule has 2 fully saturated rings. The van der Waals surface area contributed by atoms with Gasteiger partial charge in [-0.25, -0.2) is 0 Å². The van der Waals surface area contributed by atoms with Crippen molar-refractivity contribution in [2.75, 3.05) is 20.1 Å². The van der Waals surface area contributed by atoms with Gasteiger partial charge in [-0.05, 0) is 63.5 Å². The van der Waals surface area contributed by atoms with Crippen LogP contribution in [-0.2, 0) is 0 Å². The van der Waals surface area contributed by atoms with Crippen LogP contribution < -0.4 is 5.32 Å². The van der Waals surface area contributed by atoms with E-state index in [-0.39, 0.29) is 0 Å². The van der Waals surface area contributed by atoms with Gasteiger partial charge in [-0.2, -0.15) is 0 Å². The molecular formula is C16H32N2. The number of rotatable bonds is 6. The summed E-state index contributed by atoms with van der Waals surface area (Å²) in [6.07, 6.45) is 7.01. The third-order valence-corrected chi connectivity index (χ3v) is 4.92. The number of likely N-dealkylation sites (N-methyl/N-ethyl adjacent to an activating group) is 1. The van der Waals surface area contributed by atoms with Crippen molar-refractivity contribution in [3.8, 4) is 0 Å². The fourth-order valence-electron chi connectivity index (χ4n) is 4.02. The zero-order valence-electron chi connectivity index (χ0n) is 12.8. The molecule has 18 heavy (non-hydrogen) atoms. The van der Waals surface area contributed by atoms with E-state index in [0.717, 1.165) is 23.8 Å². The molecule has 0 aliphatic heterocycles. The lowest BCUT2D eigenvalue weighted by Gasteiger charge is -2.46. The van der Waals surface area contributed by atoms with Gasteiger partial charge in [-0.1, -0.05) is 20.8 Å². The molecule has 0 bridgehead atoms. The van der Waals surface area contributed by atoms with Gasteiger partial charge in [0.25, 0.3) is 0 Å². The van der Waals surface area contributed by atoms with Crippen molar-refractivity contribution < 1.29 is 0 Å². The van der Waals surface area contributed by atoms with Crippen molar-refractivity contribution >= 4 is 0 Å². The van der Waals surface area contributed by atoms with Gasteiger partial charge in [-0.3, -0.25) is 4.90 Å². The van der Waals surface area contributed by atoms with E-state index in [1.165, 1.54) is 45.2 Å². The van der Waals surface area contributed by atoms with E-state index in [0.29, 0.717) is 6.04 Å². The molecule has 4 atom stereocenters. The van der Waals surface area contributed by atoms with Crippen molar-refractivity contribution in [2.24, 2.45) is 17.8 Å². The van der Waals surface area contributed by atoms with Crippen LogP contribution in [0.25, 0.3) is 0 Å². The first kappa shape index (κ1) is 14.3. The highest BCUT2D eigenvalue weighted by Gasteiger charge is 2.38. The molecular weight excluding hydrogens is 220 g/mol. The molecule has 0 saturated heterocycles. The Morgan fingerprint density at radius 2 is 1.89 bits per heavy atom. The van der Waals surface area contributed by atoms with Gasteiger partial charge >= 0.3 is 0 Å². The Labute approximate surface area is 114 Å². The minimum absolute atomic E-state index is 0.703. The highest BCUT2D eigenvalue weighted by molar-refractivity contribution is 4.94. The van der Waals surface area contributed by atoms with E-state index in [1.54, 1.807) is 0 Å². The van der Waals surface area contributed by atoms with Crippen molar-refractivity contribution in [1.29, 1.82) is 0 Å². The van der Waals surface area contributed by atoms with Crippen molar-refractivity contribution in [1.82, 2.24) is 10.2 Å². The summed E-state index contributed by atoms with van der Waals surface area (Å²) in [7, 11) is 2.16. The van der Waals surface area contributed by atoms with Gasteiger partial charge < -0.3 is 5.32 Å². The molecule has 0 aromatic rings. The maximum absolute atomic E-state index is 3.61. The lowest BCUT2D eigenvalue weighted by atomic mass is 9.75. The molecule has 0 radical (unpaired) electrons. The van der Waals surface area contributed by atoms with E-state index in [2.05, 4.69) is 38.0 Å². The predicted molar refractivity (Wildman–Crippen MR) is 78.8 cm³/mol. The zero-order chi connectivity index (χ0) is 13.1. The Kier molecular flexibility index (Phi) is 5.08. The highest BCUT2D eigenvalue weighted by atomic mass is 15.2. The van der Waals surface area contributed by atoms with Gasteiger partial charge in [0.15, 0.2) is 0 Å². The molecule has 0 spiro atoms. The summed E-state index contributed by atoms with van der Waals surface area (Å²) >= 11 is 0. The molecule has 0 heterocycles. The first-order valence-electron chi connectivity index (χ1n) is 8.07. The summed E-state index contributed by atoms with van der Waals surface area (Å²) in [5.74, 6) is 2.75. The normalized spacial score (nSPS) is 37.2. The van der Waals surface area contributed by atoms with Gasteiger partial charge in [0.1, 0.15) is 0 Å². The summed E-state index contributed by atoms with van der Waals surface area (Å²) in [6.45, 7) is 9.86. The maximum Gasteiger partial charge on any atom is 0.0275 e. The number of hydrogen-bond donors (Lipinski definition) is 1. The van der Waals surface area contributed by atoms with Crippen LogP contribution >= 0.6 is 0 Å². The molecule has 106 valence electrons. The topological polar surface area (TPSA) is 15.3 Å². The Balaban J connectivity index is 2.03. The fraction of sp³-hybridized carbons (Fsp3) is 1.00. The minimum Gasteiger partial charge on any atom is -0.315 e. The minimum atomic E-state index is 0.703. The SMILES string of the molecule is CCCN(CC1CC1)C1C(C)CC(C)CC1NC. The first-order valence-corrected chi connectivity index (χ1v) is 8.07. The summed E-state index contributed by atoms with van der Waals surface area (Å²) in [6, 6.07) is 1.47. The van der Waals surface area contributed by atoms with E-state index < -0.39 is 0 Å². The summed E-state index contributed by atoms with van der Waals surface area (Å²) in [4.78, 5) is 2.81. The molecule has 2 rings (SSSR count). The maximum atomic E-state index is 3.61. The van der Waals surface area contributed by atoms with Gasteiger partial charge in [0.05, 0.1) is 0 Å². The van der Waals surface area contributed by atoms with Gasteiger partial charge in [-0.15, -0.1) is 0 Å². The molecule has 0 amide bonds. The molecule has 1 N–H and O–H groups in total. The average Bonchev–Trinajstić information content (AvgIpc) is 3.11. The van der Waals surface area contributed by atoms with E-state index in [4.69, 9.17) is 0 Å². The highest BCUT2D eigenvalue weighted by Crippen LogP contribution is 2.36. The summed E-state index contributed by atoms with van der Waals surface area (Å²) < 4.78 is 0. The van der Waals surface area contributed by atoms with Crippen LogP contribution in [0.3, 0.4) is 0 Å². The summed E-state index contributed by atoms with van der Waals surface area (Å²) in [5.41, 5.74) is 0. The van der Waals surface area contributed by atoms with Gasteiger partial charge in [0.2, 0.25) is 0 Å². The van der Waals surface area contributed by atoms with Crippen molar-refractivity contribution in [2.45, 2.75) is 65.0 Å². The monoisotopic (exact) mass is 252 g/mol. The Morgan fingerprint density at radius 1 is 1.17 bits per heavy atom. The smallest absolute Gasteiger partial charge is 0.0275 e. The van der Waals surface area contributed by atoms with Crippen LogP contribution in [0.2, 0.25) is 0 Å². The largest absolute Gasteiger partial charge is 0.315 e. The van der Waals surface area contributed by atoms with Crippen LogP contribution in [0, 0.1) is 17.8 Å². The Morgan fingerprint density at radius 3 is 2.44 bits per heavy atom. The molecule has 2 nitrogen and oxygen atoms in total. The van der Waals surface area contributed by atoms with Crippen LogP contribution in [0.15, 0.2) is 0 Å². The second kappa shape index (κ2) is 6.38. The van der Waals surface area contributed by atoms with Crippen LogP contribution in [0.5, 0.6) is 0 Å². The number of nitrogens with zero attached hydrogens (tertiary/aromatic N) is 1. The molecule has 2 heteroatoms. The molecule has 2 aliphatic rings. The lowest BCUT2D eigenvalue weighted by Crippen LogP contribution is -2.56. The lowest BCUT2D eigenvalue weighted by molar-refractivity contribution is 0.0604. The predicted octanol–water partition coefficient (Wildman–Crippen LogP) is 3.13. The quantitative estimate of drug-likeness (QED) is 0.781. The van der Waals surface area contributed by atoms with E-state index >= 15 is 0 Å². The van der Waals surface area contributed by atoms with Crippen molar-refractivity contribution in [3.05, 3.63) is 0 Å². The Bertz CT molecular complexity index is 249. The molecule has 2 saturated carbocycles. The fourth-order valence-corrected chi connectivity index (χ4v) is 4.02. The van der Waals surface area contributed by atoms with Crippen molar-refractivity contribution in [3.63, 3.8) is 0 Å². The molecule has 0 aromatic carbocycles. The molecule has 2 aliphatic carbocycles. The van der Waals surface area contributed by atoms with E-state index in [9.17, 15) is 0 Å². The number of hydrogen-bond acceptors (Lipinski definition) is 2. The molecule has 4 unspecified atom stereocenters. The number of nitrogens with one attached hydrogen (secondary N) is 1. The van der Waals surface area contributed by atoms with E-state index in [1.807, 2.05) is 0 Å². The first-order chi connectivity index (χ1) is 8.65. The van der Waals surface area contributed by atoms with Crippen LogP contribution in [0.4, 0.5) is 0 Å². The summed E-state index contributed by atoms with van der Waals surface area (Å²) in [5, 5.41) is 3.61. The second-order valence-electron chi connectivity index (χ2n) is 6.88. The van der Waals surface area contributed by atoms with Gasteiger partial charge in [0, 0.05) is 18.6 Å². The van der Waals surface area contributed by atoms with Crippen LogP contribution in [-0.4, -0.2) is 37.1 Å². The third kappa shape index (κ3) is 3.48. The molecule has 0 aromatic heterocycles. The van der Waals surface area contributed by atoms with Crippen LogP contribution in [0.1, 0.15) is 52.9 Å². The Hall–Kier alpha value is -0.0800. The second-order valence-corrected chi connectivity index (χ2v) is 6.88.